The lowest BCUT2D eigenvalue weighted by molar-refractivity contribution is -0.142. The van der Waals surface area contributed by atoms with Crippen molar-refractivity contribution in [3.8, 4) is 17.1 Å². The predicted molar refractivity (Wildman–Crippen MR) is 93.2 cm³/mol. The predicted octanol–water partition coefficient (Wildman–Crippen LogP) is 3.58. The fourth-order valence-corrected chi connectivity index (χ4v) is 2.73. The van der Waals surface area contributed by atoms with Crippen molar-refractivity contribution in [3.63, 3.8) is 0 Å². The average Bonchev–Trinajstić information content (AvgIpc) is 3.14. The van der Waals surface area contributed by atoms with E-state index in [-0.39, 0.29) is 24.2 Å². The van der Waals surface area contributed by atoms with Crippen LogP contribution in [0.15, 0.2) is 64.0 Å². The number of hydrogen-bond donors (Lipinski definition) is 0. The highest BCUT2D eigenvalue weighted by atomic mass is 32.2. The third-order valence-electron chi connectivity index (χ3n) is 3.27. The van der Waals surface area contributed by atoms with Gasteiger partial charge in [0.25, 0.3) is 5.89 Å². The van der Waals surface area contributed by atoms with Crippen LogP contribution in [0.25, 0.3) is 11.4 Å². The van der Waals surface area contributed by atoms with Gasteiger partial charge in [0, 0.05) is 10.5 Å². The van der Waals surface area contributed by atoms with Crippen LogP contribution < -0.4 is 4.74 Å². The highest BCUT2D eigenvalue weighted by Crippen LogP contribution is 2.20. The molecular weight excluding hydrogens is 340 g/mol. The number of carbonyl (C=O) groups is 1. The van der Waals surface area contributed by atoms with Crippen LogP contribution in [0, 0.1) is 0 Å². The number of ether oxygens (including phenoxy) is 2. The second-order valence-corrected chi connectivity index (χ2v) is 6.05. The Hall–Kier alpha value is -2.80. The molecule has 0 aliphatic carbocycles. The molecule has 25 heavy (non-hydrogen) atoms. The molecule has 6 nitrogen and oxygen atoms in total. The molecule has 0 bridgehead atoms. The van der Waals surface area contributed by atoms with E-state index in [1.807, 2.05) is 54.6 Å². The molecule has 128 valence electrons. The van der Waals surface area contributed by atoms with Gasteiger partial charge < -0.3 is 14.0 Å². The van der Waals surface area contributed by atoms with Gasteiger partial charge in [-0.05, 0) is 36.4 Å². The van der Waals surface area contributed by atoms with E-state index >= 15 is 0 Å². The van der Waals surface area contributed by atoms with Crippen molar-refractivity contribution in [2.75, 3.05) is 12.9 Å². The maximum atomic E-state index is 11.8. The second-order valence-electron chi connectivity index (χ2n) is 5.00. The molecule has 0 atom stereocenters. The van der Waals surface area contributed by atoms with E-state index in [2.05, 4.69) is 10.1 Å². The molecule has 1 aromatic heterocycles. The van der Waals surface area contributed by atoms with Crippen molar-refractivity contribution < 1.29 is 18.8 Å². The molecule has 0 unspecified atom stereocenters. The zero-order chi connectivity index (χ0) is 17.5. The zero-order valence-electron chi connectivity index (χ0n) is 13.5. The number of carbonyl (C=O) groups excluding carboxylic acids is 1. The summed E-state index contributed by atoms with van der Waals surface area (Å²) in [7, 11) is 1.60. The maximum absolute atomic E-state index is 11.8. The summed E-state index contributed by atoms with van der Waals surface area (Å²) in [6.45, 7) is -0.0443. The summed E-state index contributed by atoms with van der Waals surface area (Å²) in [5.74, 6) is 1.33. The third-order valence-corrected chi connectivity index (χ3v) is 4.26. The van der Waals surface area contributed by atoms with Gasteiger partial charge in [0.2, 0.25) is 5.82 Å². The molecule has 0 fully saturated rings. The Morgan fingerprint density at radius 1 is 1.12 bits per heavy atom. The van der Waals surface area contributed by atoms with Gasteiger partial charge in [-0.2, -0.15) is 4.98 Å². The zero-order valence-corrected chi connectivity index (χ0v) is 14.4. The Bertz CT molecular complexity index is 819. The molecule has 0 N–H and O–H groups in total. The molecule has 0 saturated heterocycles. The van der Waals surface area contributed by atoms with Crippen LogP contribution >= 0.6 is 11.8 Å². The molecule has 0 spiro atoms. The van der Waals surface area contributed by atoms with Gasteiger partial charge in [0.05, 0.1) is 12.9 Å². The minimum Gasteiger partial charge on any atom is -0.497 e. The first kappa shape index (κ1) is 17.0. The molecule has 7 heteroatoms. The van der Waals surface area contributed by atoms with Crippen molar-refractivity contribution in [3.05, 3.63) is 60.5 Å². The lowest BCUT2D eigenvalue weighted by Crippen LogP contribution is -2.07. The Kier molecular flexibility index (Phi) is 5.69. The van der Waals surface area contributed by atoms with Crippen LogP contribution in [0.4, 0.5) is 0 Å². The third kappa shape index (κ3) is 4.84. The molecule has 1 heterocycles. The molecule has 0 radical (unpaired) electrons. The van der Waals surface area contributed by atoms with Crippen LogP contribution in [0.2, 0.25) is 0 Å². The largest absolute Gasteiger partial charge is 0.497 e. The van der Waals surface area contributed by atoms with E-state index in [9.17, 15) is 4.79 Å². The molecule has 3 rings (SSSR count). The number of methoxy groups -OCH3 is 1. The topological polar surface area (TPSA) is 74.5 Å². The van der Waals surface area contributed by atoms with E-state index < -0.39 is 0 Å². The van der Waals surface area contributed by atoms with E-state index in [0.717, 1.165) is 16.2 Å². The number of esters is 1. The van der Waals surface area contributed by atoms with E-state index in [1.165, 1.54) is 11.8 Å². The molecule has 2 aromatic carbocycles. The Balaban J connectivity index is 1.50. The van der Waals surface area contributed by atoms with Crippen molar-refractivity contribution in [2.24, 2.45) is 0 Å². The smallest absolute Gasteiger partial charge is 0.316 e. The van der Waals surface area contributed by atoms with Crippen molar-refractivity contribution in [1.82, 2.24) is 10.1 Å². The highest BCUT2D eigenvalue weighted by Gasteiger charge is 2.11. The summed E-state index contributed by atoms with van der Waals surface area (Å²) in [6, 6.07) is 16.9. The SMILES string of the molecule is COc1ccc(-c2noc(COC(=O)CSc3ccccc3)n2)cc1. The number of thioether (sulfide) groups is 1. The maximum Gasteiger partial charge on any atom is 0.316 e. The standard InChI is InChI=1S/C18H16N2O4S/c1-22-14-9-7-13(8-10-14)18-19-16(24-20-18)11-23-17(21)12-25-15-5-3-2-4-6-15/h2-10H,11-12H2,1H3. The number of nitrogens with zero attached hydrogens (tertiary/aromatic N) is 2. The first-order valence-electron chi connectivity index (χ1n) is 7.55. The average molecular weight is 356 g/mol. The van der Waals surface area contributed by atoms with Crippen molar-refractivity contribution in [2.45, 2.75) is 11.5 Å². The quantitative estimate of drug-likeness (QED) is 0.473. The van der Waals surface area contributed by atoms with Gasteiger partial charge in [-0.3, -0.25) is 4.79 Å². The van der Waals surface area contributed by atoms with E-state index in [0.29, 0.717) is 5.82 Å². The minimum atomic E-state index is -0.335. The van der Waals surface area contributed by atoms with Crippen LogP contribution in [0.1, 0.15) is 5.89 Å². The summed E-state index contributed by atoms with van der Waals surface area (Å²) >= 11 is 1.42. The molecule has 0 aliphatic rings. The number of hydrogen-bond acceptors (Lipinski definition) is 7. The molecule has 0 saturated carbocycles. The van der Waals surface area contributed by atoms with Crippen LogP contribution in [0.3, 0.4) is 0 Å². The van der Waals surface area contributed by atoms with Gasteiger partial charge >= 0.3 is 5.97 Å². The van der Waals surface area contributed by atoms with Crippen molar-refractivity contribution in [1.29, 1.82) is 0 Å². The Morgan fingerprint density at radius 3 is 2.60 bits per heavy atom. The van der Waals surface area contributed by atoms with Gasteiger partial charge in [-0.1, -0.05) is 23.4 Å². The Labute approximate surface area is 149 Å². The monoisotopic (exact) mass is 356 g/mol. The summed E-state index contributed by atoms with van der Waals surface area (Å²) in [5, 5.41) is 3.89. The lowest BCUT2D eigenvalue weighted by atomic mass is 10.2. The number of aromatic nitrogens is 2. The van der Waals surface area contributed by atoms with Crippen LogP contribution in [-0.4, -0.2) is 29.0 Å². The van der Waals surface area contributed by atoms with Gasteiger partial charge in [-0.15, -0.1) is 11.8 Å². The molecular formula is C18H16N2O4S. The summed E-state index contributed by atoms with van der Waals surface area (Å²) in [5.41, 5.74) is 0.793. The highest BCUT2D eigenvalue weighted by molar-refractivity contribution is 8.00. The second kappa shape index (κ2) is 8.34. The summed E-state index contributed by atoms with van der Waals surface area (Å²) in [6.07, 6.45) is 0. The fourth-order valence-electron chi connectivity index (χ4n) is 2.01. The number of benzene rings is 2. The number of rotatable bonds is 7. The van der Waals surface area contributed by atoms with Gasteiger partial charge in [0.1, 0.15) is 5.75 Å². The Morgan fingerprint density at radius 2 is 1.88 bits per heavy atom. The summed E-state index contributed by atoms with van der Waals surface area (Å²) < 4.78 is 15.4. The molecule has 0 aliphatic heterocycles. The lowest BCUT2D eigenvalue weighted by Gasteiger charge is -2.02. The first-order valence-corrected chi connectivity index (χ1v) is 8.53. The van der Waals surface area contributed by atoms with Crippen molar-refractivity contribution >= 4 is 17.7 Å². The van der Waals surface area contributed by atoms with Gasteiger partial charge in [0.15, 0.2) is 6.61 Å². The van der Waals surface area contributed by atoms with E-state index in [1.54, 1.807) is 7.11 Å². The minimum absolute atomic E-state index is 0.0443. The fraction of sp³-hybridized carbons (Fsp3) is 0.167. The van der Waals surface area contributed by atoms with Crippen LogP contribution in [0.5, 0.6) is 5.75 Å². The normalized spacial score (nSPS) is 10.4. The van der Waals surface area contributed by atoms with Crippen LogP contribution in [-0.2, 0) is 16.1 Å². The molecule has 3 aromatic rings. The summed E-state index contributed by atoms with van der Waals surface area (Å²) in [4.78, 5) is 17.0. The first-order chi connectivity index (χ1) is 12.2. The molecule has 0 amide bonds. The van der Waals surface area contributed by atoms with E-state index in [4.69, 9.17) is 14.0 Å². The van der Waals surface area contributed by atoms with Gasteiger partial charge in [-0.25, -0.2) is 0 Å².